The Bertz CT molecular complexity index is 573. The third-order valence-corrected chi connectivity index (χ3v) is 3.61. The van der Waals surface area contributed by atoms with Crippen molar-refractivity contribution in [2.24, 2.45) is 0 Å². The van der Waals surface area contributed by atoms with Gasteiger partial charge in [0, 0.05) is 6.20 Å². The minimum absolute atomic E-state index is 0.0894. The molecule has 0 aliphatic rings. The molecule has 0 atom stereocenters. The van der Waals surface area contributed by atoms with Crippen molar-refractivity contribution in [2.45, 2.75) is 26.7 Å². The fraction of sp³-hybridized carbons (Fsp3) is 0.308. The maximum absolute atomic E-state index is 11.2. The Labute approximate surface area is 109 Å². The third-order valence-electron chi connectivity index (χ3n) is 2.52. The van der Waals surface area contributed by atoms with Gasteiger partial charge in [-0.25, -0.2) is 9.78 Å². The van der Waals surface area contributed by atoms with E-state index in [2.05, 4.69) is 9.97 Å². The van der Waals surface area contributed by atoms with Gasteiger partial charge >= 0.3 is 5.97 Å². The van der Waals surface area contributed by atoms with Gasteiger partial charge in [0.15, 0.2) is 0 Å². The lowest BCUT2D eigenvalue weighted by Gasteiger charge is -2.00. The molecule has 2 aromatic rings. The van der Waals surface area contributed by atoms with Gasteiger partial charge in [-0.15, -0.1) is 11.3 Å². The van der Waals surface area contributed by atoms with Crippen LogP contribution in [-0.4, -0.2) is 21.0 Å². The summed E-state index contributed by atoms with van der Waals surface area (Å²) in [6, 6.07) is 3.81. The molecule has 1 N–H and O–H groups in total. The molecule has 0 radical (unpaired) electrons. The smallest absolute Gasteiger partial charge is 0.347 e. The van der Waals surface area contributed by atoms with Crippen molar-refractivity contribution < 1.29 is 9.90 Å². The molecule has 5 heteroatoms. The Hall–Kier alpha value is -1.75. The second-order valence-electron chi connectivity index (χ2n) is 4.41. The highest BCUT2D eigenvalue weighted by molar-refractivity contribution is 7.17. The Kier molecular flexibility index (Phi) is 3.43. The number of nitrogens with zero attached hydrogens (tertiary/aromatic N) is 2. The van der Waals surface area contributed by atoms with E-state index in [1.807, 2.05) is 32.9 Å². The second-order valence-corrected chi connectivity index (χ2v) is 5.41. The predicted molar refractivity (Wildman–Crippen MR) is 71.1 cm³/mol. The van der Waals surface area contributed by atoms with E-state index in [1.54, 1.807) is 6.20 Å². The summed E-state index contributed by atoms with van der Waals surface area (Å²) in [5.41, 5.74) is 2.42. The first-order chi connectivity index (χ1) is 8.49. The molecule has 2 rings (SSSR count). The lowest BCUT2D eigenvalue weighted by Crippen LogP contribution is -2.00. The number of carboxylic acids is 1. The number of hydrogen-bond acceptors (Lipinski definition) is 4. The summed E-state index contributed by atoms with van der Waals surface area (Å²) in [6.07, 6.45) is 1.76. The van der Waals surface area contributed by atoms with Gasteiger partial charge in [0.2, 0.25) is 0 Å². The van der Waals surface area contributed by atoms with Crippen molar-refractivity contribution in [3.8, 4) is 10.7 Å². The first kappa shape index (κ1) is 12.7. The summed E-state index contributed by atoms with van der Waals surface area (Å²) >= 11 is 1.18. The molecule has 0 saturated carbocycles. The number of carbonyl (C=O) groups is 1. The van der Waals surface area contributed by atoms with E-state index < -0.39 is 5.97 Å². The van der Waals surface area contributed by atoms with E-state index in [0.29, 0.717) is 15.6 Å². The van der Waals surface area contributed by atoms with Crippen molar-refractivity contribution >= 4 is 17.3 Å². The molecule has 0 bridgehead atoms. The number of hydrogen-bond donors (Lipinski definition) is 1. The van der Waals surface area contributed by atoms with E-state index in [9.17, 15) is 4.79 Å². The van der Waals surface area contributed by atoms with Crippen LogP contribution in [0.5, 0.6) is 0 Å². The minimum atomic E-state index is -0.922. The summed E-state index contributed by atoms with van der Waals surface area (Å²) in [5, 5.41) is 9.83. The molecular weight excluding hydrogens is 248 g/mol. The maximum atomic E-state index is 11.2. The molecule has 94 valence electrons. The van der Waals surface area contributed by atoms with E-state index >= 15 is 0 Å². The fourth-order valence-corrected chi connectivity index (χ4v) is 2.62. The SMILES string of the molecule is Cc1ccc(-c2nc(C(C)C)c(C(=O)O)s2)nc1. The summed E-state index contributed by atoms with van der Waals surface area (Å²) in [4.78, 5) is 20.2. The highest BCUT2D eigenvalue weighted by Gasteiger charge is 2.20. The summed E-state index contributed by atoms with van der Waals surface area (Å²) in [7, 11) is 0. The van der Waals surface area contributed by atoms with E-state index in [1.165, 1.54) is 11.3 Å². The molecule has 0 spiro atoms. The fourth-order valence-electron chi connectivity index (χ4n) is 1.58. The van der Waals surface area contributed by atoms with E-state index in [4.69, 9.17) is 5.11 Å². The van der Waals surface area contributed by atoms with Crippen LogP contribution in [0.25, 0.3) is 10.7 Å². The van der Waals surface area contributed by atoms with Gasteiger partial charge in [0.1, 0.15) is 9.88 Å². The topological polar surface area (TPSA) is 63.1 Å². The Balaban J connectivity index is 2.49. The van der Waals surface area contributed by atoms with Crippen LogP contribution < -0.4 is 0 Å². The number of pyridine rings is 1. The molecule has 2 heterocycles. The van der Waals surface area contributed by atoms with Gasteiger partial charge in [0.05, 0.1) is 11.4 Å². The number of carboxylic acid groups (broad SMARTS) is 1. The largest absolute Gasteiger partial charge is 0.477 e. The molecule has 2 aromatic heterocycles. The third kappa shape index (κ3) is 2.41. The van der Waals surface area contributed by atoms with Crippen molar-refractivity contribution in [1.82, 2.24) is 9.97 Å². The van der Waals surface area contributed by atoms with E-state index in [0.717, 1.165) is 11.3 Å². The van der Waals surface area contributed by atoms with Gasteiger partial charge in [-0.05, 0) is 24.5 Å². The summed E-state index contributed by atoms with van der Waals surface area (Å²) in [6.45, 7) is 5.84. The first-order valence-corrected chi connectivity index (χ1v) is 6.47. The molecule has 0 unspecified atom stereocenters. The summed E-state index contributed by atoms with van der Waals surface area (Å²) < 4.78 is 0. The van der Waals surface area contributed by atoms with Crippen LogP contribution >= 0.6 is 11.3 Å². The van der Waals surface area contributed by atoms with Gasteiger partial charge in [-0.2, -0.15) is 0 Å². The highest BCUT2D eigenvalue weighted by atomic mass is 32.1. The molecule has 18 heavy (non-hydrogen) atoms. The van der Waals surface area contributed by atoms with Crippen molar-refractivity contribution in [1.29, 1.82) is 0 Å². The van der Waals surface area contributed by atoms with Gasteiger partial charge in [0.25, 0.3) is 0 Å². The van der Waals surface area contributed by atoms with E-state index in [-0.39, 0.29) is 5.92 Å². The summed E-state index contributed by atoms with van der Waals surface area (Å²) in [5.74, 6) is -0.832. The number of thiazole rings is 1. The standard InChI is InChI=1S/C13H14N2O2S/c1-7(2)10-11(13(16)17)18-12(15-10)9-5-4-8(3)6-14-9/h4-7H,1-3H3,(H,16,17). The molecule has 0 aliphatic carbocycles. The number of aryl methyl sites for hydroxylation is 1. The minimum Gasteiger partial charge on any atom is -0.477 e. The van der Waals surface area contributed by atoms with Crippen LogP contribution in [0.15, 0.2) is 18.3 Å². The van der Waals surface area contributed by atoms with Crippen LogP contribution in [0, 0.1) is 6.92 Å². The molecule has 0 fully saturated rings. The lowest BCUT2D eigenvalue weighted by atomic mass is 10.1. The number of rotatable bonds is 3. The van der Waals surface area contributed by atoms with Crippen LogP contribution in [0.1, 0.15) is 40.7 Å². The molecule has 4 nitrogen and oxygen atoms in total. The lowest BCUT2D eigenvalue weighted by molar-refractivity contribution is 0.0700. The quantitative estimate of drug-likeness (QED) is 0.921. The van der Waals surface area contributed by atoms with Crippen molar-refractivity contribution in [3.05, 3.63) is 34.5 Å². The van der Waals surface area contributed by atoms with Crippen molar-refractivity contribution in [3.63, 3.8) is 0 Å². The zero-order valence-electron chi connectivity index (χ0n) is 10.5. The van der Waals surface area contributed by atoms with Crippen LogP contribution in [0.2, 0.25) is 0 Å². The number of aromatic carboxylic acids is 1. The van der Waals surface area contributed by atoms with Gasteiger partial charge in [-0.3, -0.25) is 4.98 Å². The molecule has 0 aliphatic heterocycles. The zero-order valence-corrected chi connectivity index (χ0v) is 11.3. The Morgan fingerprint density at radius 2 is 2.11 bits per heavy atom. The Morgan fingerprint density at radius 3 is 2.56 bits per heavy atom. The monoisotopic (exact) mass is 262 g/mol. The molecule has 0 aromatic carbocycles. The average Bonchev–Trinajstić information content (AvgIpc) is 2.75. The van der Waals surface area contributed by atoms with Gasteiger partial charge < -0.3 is 5.11 Å². The van der Waals surface area contributed by atoms with Gasteiger partial charge in [-0.1, -0.05) is 19.9 Å². The second kappa shape index (κ2) is 4.86. The van der Waals surface area contributed by atoms with Crippen LogP contribution in [-0.2, 0) is 0 Å². The first-order valence-electron chi connectivity index (χ1n) is 5.66. The average molecular weight is 262 g/mol. The van der Waals surface area contributed by atoms with Crippen LogP contribution in [0.4, 0.5) is 0 Å². The maximum Gasteiger partial charge on any atom is 0.347 e. The molecule has 0 amide bonds. The van der Waals surface area contributed by atoms with Crippen molar-refractivity contribution in [2.75, 3.05) is 0 Å². The van der Waals surface area contributed by atoms with Crippen LogP contribution in [0.3, 0.4) is 0 Å². The number of aromatic nitrogens is 2. The normalized spacial score (nSPS) is 10.9. The predicted octanol–water partition coefficient (Wildman–Crippen LogP) is 3.34. The molecular formula is C13H14N2O2S. The highest BCUT2D eigenvalue weighted by Crippen LogP contribution is 2.30. The zero-order chi connectivity index (χ0) is 13.3. The molecule has 0 saturated heterocycles. The Morgan fingerprint density at radius 1 is 1.39 bits per heavy atom.